The summed E-state index contributed by atoms with van der Waals surface area (Å²) in [5.41, 5.74) is 4.41. The molecule has 1 fully saturated rings. The van der Waals surface area contributed by atoms with Gasteiger partial charge in [-0.1, -0.05) is 91.0 Å². The molecule has 1 N–H and O–H groups in total. The van der Waals surface area contributed by atoms with E-state index >= 15 is 0 Å². The lowest BCUT2D eigenvalue weighted by molar-refractivity contribution is 0.00578. The van der Waals surface area contributed by atoms with Crippen molar-refractivity contribution in [1.82, 2.24) is 5.32 Å². The van der Waals surface area contributed by atoms with Gasteiger partial charge in [-0.2, -0.15) is 0 Å². The first-order valence-corrected chi connectivity index (χ1v) is 13.6. The Morgan fingerprint density at radius 1 is 0.675 bits per heavy atom. The van der Waals surface area contributed by atoms with E-state index in [-0.39, 0.29) is 0 Å². The minimum absolute atomic E-state index is 0.461. The number of benzene rings is 4. The molecule has 3 heterocycles. The normalized spacial score (nSPS) is 18.6. The van der Waals surface area contributed by atoms with E-state index in [2.05, 4.69) is 75.5 Å². The summed E-state index contributed by atoms with van der Waals surface area (Å²) < 4.78 is 19.4. The molecule has 0 bridgehead atoms. The summed E-state index contributed by atoms with van der Waals surface area (Å²) in [4.78, 5) is 10.2. The minimum Gasteiger partial charge on any atom is -0.456 e. The molecule has 5 aromatic rings. The quantitative estimate of drug-likeness (QED) is 0.276. The number of nitrogens with one attached hydrogen (secondary N) is 1. The van der Waals surface area contributed by atoms with Crippen LogP contribution in [0.4, 0.5) is 0 Å². The molecule has 0 atom stereocenters. The van der Waals surface area contributed by atoms with E-state index in [0.717, 1.165) is 55.8 Å². The lowest BCUT2D eigenvalue weighted by Gasteiger charge is -2.32. The van der Waals surface area contributed by atoms with E-state index in [1.54, 1.807) is 0 Å². The predicted molar refractivity (Wildman–Crippen MR) is 161 cm³/mol. The van der Waals surface area contributed by atoms with Crippen molar-refractivity contribution in [3.8, 4) is 0 Å². The molecule has 1 saturated heterocycles. The van der Waals surface area contributed by atoms with E-state index in [1.807, 2.05) is 54.6 Å². The van der Waals surface area contributed by atoms with Gasteiger partial charge in [0.1, 0.15) is 22.8 Å². The highest BCUT2D eigenvalue weighted by molar-refractivity contribution is 6.62. The first-order chi connectivity index (χ1) is 19.3. The van der Waals surface area contributed by atoms with E-state index in [0.29, 0.717) is 0 Å². The van der Waals surface area contributed by atoms with Gasteiger partial charge in [-0.25, -0.2) is 9.98 Å². The van der Waals surface area contributed by atoms with Gasteiger partial charge in [0.25, 0.3) is 0 Å². The number of amidine groups is 2. The monoisotopic (exact) mass is 527 g/mol. The molecule has 40 heavy (non-hydrogen) atoms. The summed E-state index contributed by atoms with van der Waals surface area (Å²) in [6.07, 6.45) is -0.544. The largest absolute Gasteiger partial charge is 0.494 e. The molecule has 7 heteroatoms. The van der Waals surface area contributed by atoms with Crippen LogP contribution in [-0.4, -0.2) is 30.0 Å². The summed E-state index contributed by atoms with van der Waals surface area (Å²) in [5.74, 6) is 1.51. The van der Waals surface area contributed by atoms with Crippen molar-refractivity contribution in [2.45, 2.75) is 45.1 Å². The molecule has 0 saturated carbocycles. The van der Waals surface area contributed by atoms with Gasteiger partial charge in [0.15, 0.2) is 6.17 Å². The molecule has 4 aromatic carbocycles. The first kappa shape index (κ1) is 24.8. The molecule has 2 aliphatic heterocycles. The molecule has 0 amide bonds. The van der Waals surface area contributed by atoms with Crippen LogP contribution in [0.2, 0.25) is 0 Å². The third-order valence-electron chi connectivity index (χ3n) is 8.17. The number of aliphatic imine (C=N–C) groups is 2. The molecule has 2 aliphatic rings. The van der Waals surface area contributed by atoms with Gasteiger partial charge >= 0.3 is 7.12 Å². The van der Waals surface area contributed by atoms with Crippen LogP contribution < -0.4 is 10.8 Å². The van der Waals surface area contributed by atoms with Gasteiger partial charge in [0.05, 0.1) is 11.2 Å². The Labute approximate surface area is 233 Å². The van der Waals surface area contributed by atoms with E-state index in [1.165, 1.54) is 0 Å². The zero-order valence-electron chi connectivity index (χ0n) is 23.0. The Morgan fingerprint density at radius 2 is 1.23 bits per heavy atom. The van der Waals surface area contributed by atoms with Crippen LogP contribution in [0, 0.1) is 0 Å². The Bertz CT molecular complexity index is 1720. The van der Waals surface area contributed by atoms with Crippen LogP contribution in [0.1, 0.15) is 50.6 Å². The van der Waals surface area contributed by atoms with Crippen LogP contribution >= 0.6 is 0 Å². The molecule has 0 aliphatic carbocycles. The number of rotatable bonds is 4. The Balaban J connectivity index is 1.45. The smallest absolute Gasteiger partial charge is 0.456 e. The van der Waals surface area contributed by atoms with E-state index in [4.69, 9.17) is 23.7 Å². The highest BCUT2D eigenvalue weighted by atomic mass is 16.7. The van der Waals surface area contributed by atoms with Crippen LogP contribution in [0.5, 0.6) is 0 Å². The molecule has 6 nitrogen and oxygen atoms in total. The lowest BCUT2D eigenvalue weighted by Crippen LogP contribution is -2.41. The SMILES string of the molecule is CC1(C)OB(c2cc(C3N=C(c4ccccc4)NC(c4ccccc4)=N3)c3oc4ccccc4c3c2)OC1(C)C. The summed E-state index contributed by atoms with van der Waals surface area (Å²) >= 11 is 0. The van der Waals surface area contributed by atoms with Gasteiger partial charge in [-0.05, 0) is 39.2 Å². The topological polar surface area (TPSA) is 68.3 Å². The molecule has 0 spiro atoms. The average molecular weight is 527 g/mol. The van der Waals surface area contributed by atoms with Crippen LogP contribution in [0.15, 0.2) is 111 Å². The fraction of sp³-hybridized carbons (Fsp3) is 0.212. The molecule has 7 rings (SSSR count). The Kier molecular flexibility index (Phi) is 5.70. The van der Waals surface area contributed by atoms with Crippen LogP contribution in [-0.2, 0) is 9.31 Å². The standard InChI is InChI=1S/C33H30BN3O3/c1-32(2)33(3,4)40-34(39-32)23-19-25-24-17-11-12-18-27(24)38-28(25)26(20-23)31-36-29(21-13-7-5-8-14-21)35-30(37-31)22-15-9-6-10-16-22/h5-20,31H,1-4H3,(H,35,36,37). The van der Waals surface area contributed by atoms with Crippen molar-refractivity contribution in [2.75, 3.05) is 0 Å². The fourth-order valence-corrected chi connectivity index (χ4v) is 5.26. The van der Waals surface area contributed by atoms with Crippen molar-refractivity contribution in [3.63, 3.8) is 0 Å². The molecule has 198 valence electrons. The molecule has 1 aromatic heterocycles. The predicted octanol–water partition coefficient (Wildman–Crippen LogP) is 6.38. The van der Waals surface area contributed by atoms with Crippen molar-refractivity contribution in [2.24, 2.45) is 9.98 Å². The molecule has 0 radical (unpaired) electrons. The van der Waals surface area contributed by atoms with Gasteiger partial charge in [-0.3, -0.25) is 0 Å². The van der Waals surface area contributed by atoms with E-state index in [9.17, 15) is 0 Å². The molecular formula is C33H30BN3O3. The van der Waals surface area contributed by atoms with E-state index < -0.39 is 24.5 Å². The average Bonchev–Trinajstić information content (AvgIpc) is 3.45. The Hall–Kier alpha value is -4.20. The van der Waals surface area contributed by atoms with Crippen LogP contribution in [0.3, 0.4) is 0 Å². The maximum absolute atomic E-state index is 6.48. The minimum atomic E-state index is -0.544. The highest BCUT2D eigenvalue weighted by Gasteiger charge is 2.52. The maximum atomic E-state index is 6.48. The number of nitrogens with zero attached hydrogens (tertiary/aromatic N) is 2. The summed E-state index contributed by atoms with van der Waals surface area (Å²) in [6.45, 7) is 8.28. The zero-order valence-corrected chi connectivity index (χ0v) is 23.0. The van der Waals surface area contributed by atoms with Crippen molar-refractivity contribution < 1.29 is 13.7 Å². The maximum Gasteiger partial charge on any atom is 0.494 e. The van der Waals surface area contributed by atoms with Gasteiger partial charge in [-0.15, -0.1) is 0 Å². The van der Waals surface area contributed by atoms with Gasteiger partial charge < -0.3 is 19.0 Å². The lowest BCUT2D eigenvalue weighted by atomic mass is 9.77. The third kappa shape index (κ3) is 4.13. The zero-order chi connectivity index (χ0) is 27.5. The highest BCUT2D eigenvalue weighted by Crippen LogP contribution is 2.39. The van der Waals surface area contributed by atoms with Crippen LogP contribution in [0.25, 0.3) is 21.9 Å². The summed E-state index contributed by atoms with van der Waals surface area (Å²) in [7, 11) is -0.529. The van der Waals surface area contributed by atoms with Gasteiger partial charge in [0.2, 0.25) is 0 Å². The van der Waals surface area contributed by atoms with Gasteiger partial charge in [0, 0.05) is 27.5 Å². The molecular weight excluding hydrogens is 497 g/mol. The molecule has 0 unspecified atom stereocenters. The number of hydrogen-bond acceptors (Lipinski definition) is 6. The Morgan fingerprint density at radius 3 is 1.82 bits per heavy atom. The fourth-order valence-electron chi connectivity index (χ4n) is 5.26. The van der Waals surface area contributed by atoms with Crippen molar-refractivity contribution >= 4 is 46.2 Å². The van der Waals surface area contributed by atoms with Crippen molar-refractivity contribution in [1.29, 1.82) is 0 Å². The number of para-hydroxylation sites is 1. The number of furan rings is 1. The third-order valence-corrected chi connectivity index (χ3v) is 8.17. The second kappa shape index (κ2) is 9.19. The second-order valence-corrected chi connectivity index (χ2v) is 11.4. The second-order valence-electron chi connectivity index (χ2n) is 11.4. The first-order valence-electron chi connectivity index (χ1n) is 13.6. The van der Waals surface area contributed by atoms with Crippen molar-refractivity contribution in [3.05, 3.63) is 114 Å². The number of fused-ring (bicyclic) bond motifs is 3. The summed E-state index contributed by atoms with van der Waals surface area (Å²) in [5, 5.41) is 5.49. The number of hydrogen-bond donors (Lipinski definition) is 1. The summed E-state index contributed by atoms with van der Waals surface area (Å²) in [6, 6.07) is 32.6.